The zero-order valence-electron chi connectivity index (χ0n) is 12.7. The Balaban J connectivity index is 1.81. The third-order valence-corrected chi connectivity index (χ3v) is 4.92. The first-order chi connectivity index (χ1) is 11.1. The predicted molar refractivity (Wildman–Crippen MR) is 88.6 cm³/mol. The normalized spacial score (nSPS) is 16.5. The summed E-state index contributed by atoms with van der Waals surface area (Å²) in [6.45, 7) is 0. The van der Waals surface area contributed by atoms with Gasteiger partial charge in [-0.25, -0.2) is 4.79 Å². The Morgan fingerprint density at radius 3 is 2.87 bits per heavy atom. The van der Waals surface area contributed by atoms with Crippen molar-refractivity contribution in [3.63, 3.8) is 0 Å². The summed E-state index contributed by atoms with van der Waals surface area (Å²) in [5.74, 6) is -0.579. The van der Waals surface area contributed by atoms with Crippen LogP contribution in [0.4, 0.5) is 5.00 Å². The standard InChI is InChI=1S/C17H17NO4S/c1-22-12-6-5-10-3-2-4-13(14(10)8-12)16(19)18-15-7-11(9-23-15)17(20)21/h5-9,13H,2-4H2,1H3,(H,18,19)(H,20,21). The van der Waals surface area contributed by atoms with Crippen molar-refractivity contribution in [2.75, 3.05) is 12.4 Å². The Bertz CT molecular complexity index is 753. The number of methoxy groups -OCH3 is 1. The molecule has 1 aromatic heterocycles. The van der Waals surface area contributed by atoms with E-state index in [2.05, 4.69) is 5.32 Å². The number of carboxylic acid groups (broad SMARTS) is 1. The second kappa shape index (κ2) is 6.42. The van der Waals surface area contributed by atoms with Gasteiger partial charge in [-0.2, -0.15) is 0 Å². The summed E-state index contributed by atoms with van der Waals surface area (Å²) in [4.78, 5) is 23.5. The van der Waals surface area contributed by atoms with Crippen LogP contribution in [-0.2, 0) is 11.2 Å². The molecule has 1 aliphatic carbocycles. The molecule has 0 aliphatic heterocycles. The first-order valence-corrected chi connectivity index (χ1v) is 8.26. The lowest BCUT2D eigenvalue weighted by Gasteiger charge is -2.25. The van der Waals surface area contributed by atoms with Crippen LogP contribution >= 0.6 is 11.3 Å². The number of hydrogen-bond donors (Lipinski definition) is 2. The van der Waals surface area contributed by atoms with E-state index < -0.39 is 5.97 Å². The molecule has 6 heteroatoms. The molecule has 0 saturated heterocycles. The van der Waals surface area contributed by atoms with E-state index in [1.54, 1.807) is 7.11 Å². The van der Waals surface area contributed by atoms with Gasteiger partial charge in [0.25, 0.3) is 0 Å². The summed E-state index contributed by atoms with van der Waals surface area (Å²) in [6.07, 6.45) is 2.71. The number of aryl methyl sites for hydroxylation is 1. The molecule has 120 valence electrons. The van der Waals surface area contributed by atoms with Gasteiger partial charge >= 0.3 is 5.97 Å². The summed E-state index contributed by atoms with van der Waals surface area (Å²) < 4.78 is 5.26. The minimum absolute atomic E-state index is 0.0991. The molecule has 5 nitrogen and oxygen atoms in total. The molecule has 3 rings (SSSR count). The van der Waals surface area contributed by atoms with Crippen LogP contribution < -0.4 is 10.1 Å². The van der Waals surface area contributed by atoms with Crippen LogP contribution in [0.1, 0.15) is 40.2 Å². The lowest BCUT2D eigenvalue weighted by Crippen LogP contribution is -2.24. The van der Waals surface area contributed by atoms with Crippen LogP contribution in [-0.4, -0.2) is 24.1 Å². The fourth-order valence-corrected chi connectivity index (χ4v) is 3.68. The number of fused-ring (bicyclic) bond motifs is 1. The van der Waals surface area contributed by atoms with Crippen molar-refractivity contribution in [2.24, 2.45) is 0 Å². The quantitative estimate of drug-likeness (QED) is 0.899. The third-order valence-electron chi connectivity index (χ3n) is 4.08. The summed E-state index contributed by atoms with van der Waals surface area (Å²) in [5, 5.41) is 13.9. The second-order valence-electron chi connectivity index (χ2n) is 5.50. The number of ether oxygens (including phenoxy) is 1. The van der Waals surface area contributed by atoms with Crippen LogP contribution in [0.25, 0.3) is 0 Å². The topological polar surface area (TPSA) is 75.6 Å². The monoisotopic (exact) mass is 331 g/mol. The molecule has 0 spiro atoms. The van der Waals surface area contributed by atoms with E-state index in [1.807, 2.05) is 18.2 Å². The molecule has 1 aliphatic rings. The van der Waals surface area contributed by atoms with Gasteiger partial charge in [-0.15, -0.1) is 11.3 Å². The van der Waals surface area contributed by atoms with Crippen molar-refractivity contribution in [1.82, 2.24) is 0 Å². The number of rotatable bonds is 4. The molecule has 1 aromatic carbocycles. The van der Waals surface area contributed by atoms with E-state index in [0.717, 1.165) is 30.6 Å². The molecule has 2 aromatic rings. The van der Waals surface area contributed by atoms with E-state index in [9.17, 15) is 9.59 Å². The SMILES string of the molecule is COc1ccc2c(c1)C(C(=O)Nc1cc(C(=O)O)cs1)CCC2. The molecule has 0 radical (unpaired) electrons. The average molecular weight is 331 g/mol. The largest absolute Gasteiger partial charge is 0.497 e. The molecule has 1 amide bonds. The molecular formula is C17H17NO4S. The van der Waals surface area contributed by atoms with E-state index in [4.69, 9.17) is 9.84 Å². The molecule has 1 unspecified atom stereocenters. The van der Waals surface area contributed by atoms with Gasteiger partial charge in [-0.3, -0.25) is 4.79 Å². The maximum Gasteiger partial charge on any atom is 0.336 e. The molecule has 0 fully saturated rings. The maximum absolute atomic E-state index is 12.6. The first-order valence-electron chi connectivity index (χ1n) is 7.38. The number of benzene rings is 1. The predicted octanol–water partition coefficient (Wildman–Crippen LogP) is 3.51. The number of thiophene rings is 1. The van der Waals surface area contributed by atoms with Gasteiger partial charge in [0.15, 0.2) is 0 Å². The second-order valence-corrected chi connectivity index (χ2v) is 6.41. The van der Waals surface area contributed by atoms with Gasteiger partial charge < -0.3 is 15.2 Å². The van der Waals surface area contributed by atoms with Crippen LogP contribution in [0.5, 0.6) is 5.75 Å². The highest BCUT2D eigenvalue weighted by Gasteiger charge is 2.27. The Morgan fingerprint density at radius 2 is 2.17 bits per heavy atom. The third kappa shape index (κ3) is 3.22. The van der Waals surface area contributed by atoms with Crippen molar-refractivity contribution in [3.05, 3.63) is 46.3 Å². The zero-order chi connectivity index (χ0) is 16.4. The Morgan fingerprint density at radius 1 is 1.35 bits per heavy atom. The van der Waals surface area contributed by atoms with Gasteiger partial charge in [-0.05, 0) is 48.6 Å². The lowest BCUT2D eigenvalue weighted by atomic mass is 9.82. The van der Waals surface area contributed by atoms with E-state index in [1.165, 1.54) is 28.3 Å². The van der Waals surface area contributed by atoms with E-state index >= 15 is 0 Å². The van der Waals surface area contributed by atoms with Crippen LogP contribution in [0, 0.1) is 0 Å². The van der Waals surface area contributed by atoms with Crippen molar-refractivity contribution in [3.8, 4) is 5.75 Å². The van der Waals surface area contributed by atoms with Gasteiger partial charge in [0, 0.05) is 5.38 Å². The lowest BCUT2D eigenvalue weighted by molar-refractivity contribution is -0.117. The highest BCUT2D eigenvalue weighted by Crippen LogP contribution is 2.35. The van der Waals surface area contributed by atoms with Crippen molar-refractivity contribution in [1.29, 1.82) is 0 Å². The number of carbonyl (C=O) groups excluding carboxylic acids is 1. The molecule has 23 heavy (non-hydrogen) atoms. The fourth-order valence-electron chi connectivity index (χ4n) is 2.90. The van der Waals surface area contributed by atoms with Crippen molar-refractivity contribution < 1.29 is 19.4 Å². The Labute approximate surface area is 137 Å². The highest BCUT2D eigenvalue weighted by molar-refractivity contribution is 7.14. The fraction of sp³-hybridized carbons (Fsp3) is 0.294. The number of carbonyl (C=O) groups is 2. The minimum atomic E-state index is -0.991. The van der Waals surface area contributed by atoms with Gasteiger partial charge in [0.2, 0.25) is 5.91 Å². The number of aromatic carboxylic acids is 1. The van der Waals surface area contributed by atoms with Gasteiger partial charge in [-0.1, -0.05) is 6.07 Å². The first kappa shape index (κ1) is 15.6. The number of nitrogens with one attached hydrogen (secondary N) is 1. The average Bonchev–Trinajstić information content (AvgIpc) is 3.02. The maximum atomic E-state index is 12.6. The van der Waals surface area contributed by atoms with E-state index in [0.29, 0.717) is 5.00 Å². The molecular weight excluding hydrogens is 314 g/mol. The minimum Gasteiger partial charge on any atom is -0.497 e. The van der Waals surface area contributed by atoms with Gasteiger partial charge in [0.1, 0.15) is 5.75 Å². The molecule has 0 saturated carbocycles. The number of amides is 1. The zero-order valence-corrected chi connectivity index (χ0v) is 13.5. The highest BCUT2D eigenvalue weighted by atomic mass is 32.1. The summed E-state index contributed by atoms with van der Waals surface area (Å²) in [7, 11) is 1.61. The number of carboxylic acids is 1. The smallest absolute Gasteiger partial charge is 0.336 e. The van der Waals surface area contributed by atoms with Crippen molar-refractivity contribution in [2.45, 2.75) is 25.2 Å². The molecule has 0 bridgehead atoms. The summed E-state index contributed by atoms with van der Waals surface area (Å²) in [6, 6.07) is 7.34. The van der Waals surface area contributed by atoms with Crippen LogP contribution in [0.15, 0.2) is 29.6 Å². The van der Waals surface area contributed by atoms with E-state index in [-0.39, 0.29) is 17.4 Å². The Hall–Kier alpha value is -2.34. The molecule has 2 N–H and O–H groups in total. The van der Waals surface area contributed by atoms with Gasteiger partial charge in [0.05, 0.1) is 23.6 Å². The van der Waals surface area contributed by atoms with Crippen molar-refractivity contribution >= 4 is 28.2 Å². The molecule has 1 atom stereocenters. The molecule has 1 heterocycles. The number of anilines is 1. The summed E-state index contributed by atoms with van der Waals surface area (Å²) >= 11 is 1.22. The summed E-state index contributed by atoms with van der Waals surface area (Å²) in [5.41, 5.74) is 2.37. The number of hydrogen-bond acceptors (Lipinski definition) is 4. The van der Waals surface area contributed by atoms with Crippen LogP contribution in [0.2, 0.25) is 0 Å². The van der Waals surface area contributed by atoms with Crippen LogP contribution in [0.3, 0.4) is 0 Å². The Kier molecular flexibility index (Phi) is 4.34.